The van der Waals surface area contributed by atoms with Gasteiger partial charge in [0.2, 0.25) is 0 Å². The predicted molar refractivity (Wildman–Crippen MR) is 94.9 cm³/mol. The van der Waals surface area contributed by atoms with Crippen LogP contribution < -0.4 is 0 Å². The minimum absolute atomic E-state index is 0.0831. The lowest BCUT2D eigenvalue weighted by Gasteiger charge is -2.20. The van der Waals surface area contributed by atoms with Crippen LogP contribution in [0.4, 0.5) is 5.69 Å². The van der Waals surface area contributed by atoms with E-state index in [0.29, 0.717) is 0 Å². The standard InChI is InChI=1S/C18H18BrNO2/c1-18(2,3)15-10-14(11-16(19)12-15)5-4-13-6-8-17(9-7-13)20(21)22/h4-12H,1-3H3/b5-4+. The molecule has 0 radical (unpaired) electrons. The Labute approximate surface area is 139 Å². The average Bonchev–Trinajstić information content (AvgIpc) is 2.44. The Kier molecular flexibility index (Phi) is 4.81. The molecule has 2 aromatic rings. The van der Waals surface area contributed by atoms with Gasteiger partial charge in [-0.3, -0.25) is 10.1 Å². The van der Waals surface area contributed by atoms with E-state index in [1.165, 1.54) is 17.7 Å². The maximum Gasteiger partial charge on any atom is 0.269 e. The van der Waals surface area contributed by atoms with Crippen molar-refractivity contribution in [2.75, 3.05) is 0 Å². The van der Waals surface area contributed by atoms with Gasteiger partial charge in [-0.05, 0) is 46.4 Å². The van der Waals surface area contributed by atoms with Crippen LogP contribution in [0.3, 0.4) is 0 Å². The Bertz CT molecular complexity index is 713. The van der Waals surface area contributed by atoms with Crippen LogP contribution in [0.2, 0.25) is 0 Å². The van der Waals surface area contributed by atoms with Crippen LogP contribution in [0.15, 0.2) is 46.9 Å². The highest BCUT2D eigenvalue weighted by Crippen LogP contribution is 2.27. The first kappa shape index (κ1) is 16.4. The van der Waals surface area contributed by atoms with Gasteiger partial charge in [0.25, 0.3) is 5.69 Å². The molecule has 22 heavy (non-hydrogen) atoms. The first-order valence-corrected chi connectivity index (χ1v) is 7.78. The SMILES string of the molecule is CC(C)(C)c1cc(Br)cc(/C=C/c2ccc([N+](=O)[O-])cc2)c1. The number of halogens is 1. The predicted octanol–water partition coefficient (Wildman–Crippen LogP) is 5.83. The molecule has 0 N–H and O–H groups in total. The Balaban J connectivity index is 2.26. The highest BCUT2D eigenvalue weighted by Gasteiger charge is 2.14. The summed E-state index contributed by atoms with van der Waals surface area (Å²) in [6.45, 7) is 6.54. The first-order chi connectivity index (χ1) is 10.3. The second-order valence-electron chi connectivity index (χ2n) is 6.21. The minimum Gasteiger partial charge on any atom is -0.258 e. The fraction of sp³-hybridized carbons (Fsp3) is 0.222. The van der Waals surface area contributed by atoms with Crippen LogP contribution in [0.25, 0.3) is 12.2 Å². The summed E-state index contributed by atoms with van der Waals surface area (Å²) in [5.41, 5.74) is 3.47. The zero-order chi connectivity index (χ0) is 16.3. The molecule has 0 unspecified atom stereocenters. The number of nitro benzene ring substituents is 1. The van der Waals surface area contributed by atoms with E-state index in [1.54, 1.807) is 12.1 Å². The van der Waals surface area contributed by atoms with Crippen molar-refractivity contribution in [3.63, 3.8) is 0 Å². The third-order valence-electron chi connectivity index (χ3n) is 3.36. The molecule has 0 heterocycles. The van der Waals surface area contributed by atoms with Gasteiger partial charge in [-0.15, -0.1) is 0 Å². The average molecular weight is 360 g/mol. The van der Waals surface area contributed by atoms with Gasteiger partial charge in [-0.1, -0.05) is 54.9 Å². The second kappa shape index (κ2) is 6.44. The number of hydrogen-bond acceptors (Lipinski definition) is 2. The van der Waals surface area contributed by atoms with Crippen molar-refractivity contribution >= 4 is 33.8 Å². The number of nitro groups is 1. The summed E-state index contributed by atoms with van der Waals surface area (Å²) in [7, 11) is 0. The summed E-state index contributed by atoms with van der Waals surface area (Å²) < 4.78 is 1.04. The lowest BCUT2D eigenvalue weighted by atomic mass is 9.86. The van der Waals surface area contributed by atoms with Gasteiger partial charge in [0.05, 0.1) is 4.92 Å². The van der Waals surface area contributed by atoms with Crippen LogP contribution in [0.1, 0.15) is 37.5 Å². The molecule has 0 aromatic heterocycles. The van der Waals surface area contributed by atoms with Gasteiger partial charge in [-0.25, -0.2) is 0 Å². The molecule has 3 nitrogen and oxygen atoms in total. The topological polar surface area (TPSA) is 43.1 Å². The Morgan fingerprint density at radius 2 is 1.59 bits per heavy atom. The molecular formula is C18H18BrNO2. The molecule has 0 spiro atoms. The Hall–Kier alpha value is -1.94. The number of hydrogen-bond donors (Lipinski definition) is 0. The first-order valence-electron chi connectivity index (χ1n) is 6.99. The lowest BCUT2D eigenvalue weighted by Crippen LogP contribution is -2.11. The van der Waals surface area contributed by atoms with Crippen LogP contribution in [-0.2, 0) is 5.41 Å². The van der Waals surface area contributed by atoms with Crippen molar-refractivity contribution < 1.29 is 4.92 Å². The van der Waals surface area contributed by atoms with Crippen molar-refractivity contribution in [3.05, 3.63) is 73.7 Å². The van der Waals surface area contributed by atoms with Crippen LogP contribution in [0.5, 0.6) is 0 Å². The van der Waals surface area contributed by atoms with E-state index in [-0.39, 0.29) is 11.1 Å². The largest absolute Gasteiger partial charge is 0.269 e. The van der Waals surface area contributed by atoms with E-state index < -0.39 is 4.92 Å². The zero-order valence-electron chi connectivity index (χ0n) is 12.8. The fourth-order valence-corrected chi connectivity index (χ4v) is 2.55. The van der Waals surface area contributed by atoms with Gasteiger partial charge in [0, 0.05) is 16.6 Å². The summed E-state index contributed by atoms with van der Waals surface area (Å²) in [5.74, 6) is 0. The van der Waals surface area contributed by atoms with Gasteiger partial charge in [0.15, 0.2) is 0 Å². The van der Waals surface area contributed by atoms with Crippen molar-refractivity contribution in [2.45, 2.75) is 26.2 Å². The van der Waals surface area contributed by atoms with E-state index in [9.17, 15) is 10.1 Å². The zero-order valence-corrected chi connectivity index (χ0v) is 14.4. The Morgan fingerprint density at radius 1 is 1.00 bits per heavy atom. The molecule has 2 rings (SSSR count). The monoisotopic (exact) mass is 359 g/mol. The van der Waals surface area contributed by atoms with Gasteiger partial charge in [-0.2, -0.15) is 0 Å². The maximum absolute atomic E-state index is 10.6. The normalized spacial score (nSPS) is 11.8. The molecule has 0 bridgehead atoms. The molecule has 2 aromatic carbocycles. The van der Waals surface area contributed by atoms with E-state index in [0.717, 1.165) is 15.6 Å². The minimum atomic E-state index is -0.391. The molecule has 0 atom stereocenters. The number of benzene rings is 2. The molecule has 0 amide bonds. The number of nitrogens with zero attached hydrogens (tertiary/aromatic N) is 1. The van der Waals surface area contributed by atoms with E-state index in [4.69, 9.17) is 0 Å². The third kappa shape index (κ3) is 4.28. The quantitative estimate of drug-likeness (QED) is 0.393. The van der Waals surface area contributed by atoms with Gasteiger partial charge in [0.1, 0.15) is 0 Å². The lowest BCUT2D eigenvalue weighted by molar-refractivity contribution is -0.384. The Morgan fingerprint density at radius 3 is 2.14 bits per heavy atom. The van der Waals surface area contributed by atoms with E-state index >= 15 is 0 Å². The van der Waals surface area contributed by atoms with Gasteiger partial charge < -0.3 is 0 Å². The molecule has 0 aliphatic rings. The summed E-state index contributed by atoms with van der Waals surface area (Å²) in [6.07, 6.45) is 3.97. The summed E-state index contributed by atoms with van der Waals surface area (Å²) in [4.78, 5) is 10.3. The highest BCUT2D eigenvalue weighted by molar-refractivity contribution is 9.10. The fourth-order valence-electron chi connectivity index (χ4n) is 2.04. The highest BCUT2D eigenvalue weighted by atomic mass is 79.9. The number of non-ortho nitro benzene ring substituents is 1. The van der Waals surface area contributed by atoms with Crippen molar-refractivity contribution in [3.8, 4) is 0 Å². The summed E-state index contributed by atoms with van der Waals surface area (Å²) in [6, 6.07) is 12.9. The molecule has 114 valence electrons. The van der Waals surface area contributed by atoms with Crippen LogP contribution >= 0.6 is 15.9 Å². The number of rotatable bonds is 3. The second-order valence-corrected chi connectivity index (χ2v) is 7.12. The van der Waals surface area contributed by atoms with E-state index in [1.807, 2.05) is 12.2 Å². The molecule has 0 saturated carbocycles. The molecule has 0 fully saturated rings. The van der Waals surface area contributed by atoms with Crippen LogP contribution in [0, 0.1) is 10.1 Å². The molecule has 0 aliphatic carbocycles. The van der Waals surface area contributed by atoms with Gasteiger partial charge >= 0.3 is 0 Å². The van der Waals surface area contributed by atoms with Crippen molar-refractivity contribution in [2.24, 2.45) is 0 Å². The molecular weight excluding hydrogens is 342 g/mol. The molecule has 4 heteroatoms. The van der Waals surface area contributed by atoms with Crippen LogP contribution in [-0.4, -0.2) is 4.92 Å². The molecule has 0 saturated heterocycles. The van der Waals surface area contributed by atoms with Crippen molar-refractivity contribution in [1.82, 2.24) is 0 Å². The van der Waals surface area contributed by atoms with E-state index in [2.05, 4.69) is 54.9 Å². The summed E-state index contributed by atoms with van der Waals surface area (Å²) >= 11 is 3.55. The van der Waals surface area contributed by atoms with Crippen molar-refractivity contribution in [1.29, 1.82) is 0 Å². The summed E-state index contributed by atoms with van der Waals surface area (Å²) in [5, 5.41) is 10.6. The smallest absolute Gasteiger partial charge is 0.258 e. The maximum atomic E-state index is 10.6. The third-order valence-corrected chi connectivity index (χ3v) is 3.82. The molecule has 0 aliphatic heterocycles.